The third-order valence-corrected chi connectivity index (χ3v) is 4.83. The maximum absolute atomic E-state index is 12.5. The second kappa shape index (κ2) is 8.08. The summed E-state index contributed by atoms with van der Waals surface area (Å²) in [6.45, 7) is 1.83. The van der Waals surface area contributed by atoms with Gasteiger partial charge in [0.05, 0.1) is 12.7 Å². The number of amides is 1. The molecule has 5 nitrogen and oxygen atoms in total. The highest BCUT2D eigenvalue weighted by atomic mass is 16.5. The SMILES string of the molecule is O=C(CCc1cccc(OCc2ccccc2)c1)N1CCc2oncc2C1. The van der Waals surface area contributed by atoms with Gasteiger partial charge in [-0.2, -0.15) is 0 Å². The molecule has 0 radical (unpaired) electrons. The molecule has 1 aliphatic rings. The molecule has 4 rings (SSSR count). The van der Waals surface area contributed by atoms with Gasteiger partial charge in [0.2, 0.25) is 5.91 Å². The maximum atomic E-state index is 12.5. The van der Waals surface area contributed by atoms with Crippen molar-refractivity contribution in [2.24, 2.45) is 0 Å². The minimum absolute atomic E-state index is 0.164. The number of aromatic nitrogens is 1. The summed E-state index contributed by atoms with van der Waals surface area (Å²) >= 11 is 0. The van der Waals surface area contributed by atoms with E-state index in [0.29, 0.717) is 32.5 Å². The van der Waals surface area contributed by atoms with Gasteiger partial charge in [0.1, 0.15) is 18.1 Å². The van der Waals surface area contributed by atoms with Crippen LogP contribution in [0.5, 0.6) is 5.75 Å². The van der Waals surface area contributed by atoms with Crippen LogP contribution < -0.4 is 4.74 Å². The second-order valence-electron chi connectivity index (χ2n) is 6.76. The zero-order chi connectivity index (χ0) is 18.5. The third kappa shape index (κ3) is 4.37. The zero-order valence-corrected chi connectivity index (χ0v) is 15.1. The Bertz CT molecular complexity index is 905. The van der Waals surface area contributed by atoms with Gasteiger partial charge in [-0.15, -0.1) is 0 Å². The first-order valence-corrected chi connectivity index (χ1v) is 9.24. The zero-order valence-electron chi connectivity index (χ0n) is 15.1. The van der Waals surface area contributed by atoms with Crippen LogP contribution in [0.25, 0.3) is 0 Å². The number of aryl methyl sites for hydroxylation is 1. The number of hydrogen-bond donors (Lipinski definition) is 0. The summed E-state index contributed by atoms with van der Waals surface area (Å²) in [5.41, 5.74) is 3.26. The van der Waals surface area contributed by atoms with Gasteiger partial charge < -0.3 is 14.2 Å². The molecule has 0 atom stereocenters. The highest BCUT2D eigenvalue weighted by molar-refractivity contribution is 5.76. The van der Waals surface area contributed by atoms with Crippen LogP contribution in [0.4, 0.5) is 0 Å². The fourth-order valence-corrected chi connectivity index (χ4v) is 3.29. The first-order valence-electron chi connectivity index (χ1n) is 9.24. The molecule has 2 heterocycles. The van der Waals surface area contributed by atoms with E-state index in [0.717, 1.165) is 34.6 Å². The molecule has 0 unspecified atom stereocenters. The number of fused-ring (bicyclic) bond motifs is 1. The summed E-state index contributed by atoms with van der Waals surface area (Å²) in [7, 11) is 0. The summed E-state index contributed by atoms with van der Waals surface area (Å²) < 4.78 is 11.1. The summed E-state index contributed by atoms with van der Waals surface area (Å²) in [5.74, 6) is 1.90. The van der Waals surface area contributed by atoms with Crippen molar-refractivity contribution in [1.29, 1.82) is 0 Å². The molecule has 138 valence electrons. The standard InChI is InChI=1S/C22H22N2O3/c25-22(24-12-11-21-19(15-24)14-23-27-21)10-9-17-7-4-8-20(13-17)26-16-18-5-2-1-3-6-18/h1-8,13-14H,9-12,15-16H2. The van der Waals surface area contributed by atoms with E-state index in [1.807, 2.05) is 59.5 Å². The van der Waals surface area contributed by atoms with Gasteiger partial charge in [-0.25, -0.2) is 0 Å². The fourth-order valence-electron chi connectivity index (χ4n) is 3.29. The van der Waals surface area contributed by atoms with Crippen molar-refractivity contribution in [2.45, 2.75) is 32.4 Å². The lowest BCUT2D eigenvalue weighted by atomic mass is 10.1. The molecule has 0 aliphatic carbocycles. The predicted molar refractivity (Wildman–Crippen MR) is 101 cm³/mol. The number of ether oxygens (including phenoxy) is 1. The van der Waals surface area contributed by atoms with Crippen LogP contribution >= 0.6 is 0 Å². The molecular weight excluding hydrogens is 340 g/mol. The molecule has 3 aromatic rings. The molecular formula is C22H22N2O3. The smallest absolute Gasteiger partial charge is 0.223 e. The lowest BCUT2D eigenvalue weighted by Gasteiger charge is -2.25. The Balaban J connectivity index is 1.30. The summed E-state index contributed by atoms with van der Waals surface area (Å²) in [4.78, 5) is 14.4. The van der Waals surface area contributed by atoms with Crippen molar-refractivity contribution in [2.75, 3.05) is 6.54 Å². The largest absolute Gasteiger partial charge is 0.489 e. The first kappa shape index (κ1) is 17.3. The van der Waals surface area contributed by atoms with Gasteiger partial charge in [0, 0.05) is 24.9 Å². The van der Waals surface area contributed by atoms with E-state index in [-0.39, 0.29) is 5.91 Å². The summed E-state index contributed by atoms with van der Waals surface area (Å²) in [5, 5.41) is 3.81. The van der Waals surface area contributed by atoms with Gasteiger partial charge in [-0.1, -0.05) is 47.6 Å². The van der Waals surface area contributed by atoms with E-state index in [1.54, 1.807) is 6.20 Å². The number of carbonyl (C=O) groups excluding carboxylic acids is 1. The molecule has 0 bridgehead atoms. The van der Waals surface area contributed by atoms with Crippen molar-refractivity contribution >= 4 is 5.91 Å². The Labute approximate surface area is 158 Å². The first-order chi connectivity index (χ1) is 13.3. The molecule has 1 aromatic heterocycles. The van der Waals surface area contributed by atoms with Crippen molar-refractivity contribution in [3.63, 3.8) is 0 Å². The molecule has 0 N–H and O–H groups in total. The predicted octanol–water partition coefficient (Wildman–Crippen LogP) is 3.77. The van der Waals surface area contributed by atoms with E-state index in [2.05, 4.69) is 5.16 Å². The van der Waals surface area contributed by atoms with Crippen LogP contribution in [0.1, 0.15) is 28.9 Å². The quantitative estimate of drug-likeness (QED) is 0.670. The van der Waals surface area contributed by atoms with E-state index in [9.17, 15) is 4.79 Å². The number of nitrogens with zero attached hydrogens (tertiary/aromatic N) is 2. The fraction of sp³-hybridized carbons (Fsp3) is 0.273. The average molecular weight is 362 g/mol. The van der Waals surface area contributed by atoms with Gasteiger partial charge in [-0.3, -0.25) is 4.79 Å². The molecule has 2 aromatic carbocycles. The summed E-state index contributed by atoms with van der Waals surface area (Å²) in [6.07, 6.45) is 3.64. The van der Waals surface area contributed by atoms with E-state index < -0.39 is 0 Å². The highest BCUT2D eigenvalue weighted by Crippen LogP contribution is 2.20. The number of benzene rings is 2. The van der Waals surface area contributed by atoms with Gasteiger partial charge in [-0.05, 0) is 29.7 Å². The van der Waals surface area contributed by atoms with E-state index in [4.69, 9.17) is 9.26 Å². The number of rotatable bonds is 6. The van der Waals surface area contributed by atoms with Crippen molar-refractivity contribution in [1.82, 2.24) is 10.1 Å². The molecule has 0 saturated heterocycles. The Morgan fingerprint density at radius 2 is 1.96 bits per heavy atom. The van der Waals surface area contributed by atoms with Crippen LogP contribution in [0.2, 0.25) is 0 Å². The van der Waals surface area contributed by atoms with Crippen LogP contribution in [0, 0.1) is 0 Å². The normalized spacial score (nSPS) is 13.3. The third-order valence-electron chi connectivity index (χ3n) is 4.83. The lowest BCUT2D eigenvalue weighted by Crippen LogP contribution is -2.35. The van der Waals surface area contributed by atoms with E-state index in [1.165, 1.54) is 0 Å². The van der Waals surface area contributed by atoms with Crippen LogP contribution in [-0.4, -0.2) is 22.5 Å². The van der Waals surface area contributed by atoms with Gasteiger partial charge in [0.15, 0.2) is 0 Å². The Kier molecular flexibility index (Phi) is 5.19. The monoisotopic (exact) mass is 362 g/mol. The topological polar surface area (TPSA) is 55.6 Å². The Hall–Kier alpha value is -3.08. The van der Waals surface area contributed by atoms with Crippen LogP contribution in [0.3, 0.4) is 0 Å². The molecule has 0 spiro atoms. The van der Waals surface area contributed by atoms with Crippen molar-refractivity contribution in [3.8, 4) is 5.75 Å². The lowest BCUT2D eigenvalue weighted by molar-refractivity contribution is -0.132. The average Bonchev–Trinajstić information content (AvgIpc) is 3.19. The second-order valence-corrected chi connectivity index (χ2v) is 6.76. The maximum Gasteiger partial charge on any atom is 0.223 e. The molecule has 27 heavy (non-hydrogen) atoms. The molecule has 1 aliphatic heterocycles. The minimum atomic E-state index is 0.164. The van der Waals surface area contributed by atoms with Crippen molar-refractivity contribution in [3.05, 3.63) is 83.2 Å². The number of hydrogen-bond acceptors (Lipinski definition) is 4. The number of carbonyl (C=O) groups is 1. The van der Waals surface area contributed by atoms with Crippen molar-refractivity contribution < 1.29 is 14.1 Å². The highest BCUT2D eigenvalue weighted by Gasteiger charge is 2.23. The summed E-state index contributed by atoms with van der Waals surface area (Å²) in [6, 6.07) is 18.1. The Morgan fingerprint density at radius 3 is 2.85 bits per heavy atom. The van der Waals surface area contributed by atoms with Crippen LogP contribution in [-0.2, 0) is 30.8 Å². The van der Waals surface area contributed by atoms with Crippen LogP contribution in [0.15, 0.2) is 65.3 Å². The molecule has 0 fully saturated rings. The molecule has 1 amide bonds. The van der Waals surface area contributed by atoms with Gasteiger partial charge >= 0.3 is 0 Å². The molecule has 5 heteroatoms. The van der Waals surface area contributed by atoms with E-state index >= 15 is 0 Å². The Morgan fingerprint density at radius 1 is 1.11 bits per heavy atom. The van der Waals surface area contributed by atoms with Gasteiger partial charge in [0.25, 0.3) is 0 Å². The minimum Gasteiger partial charge on any atom is -0.489 e. The molecule has 0 saturated carbocycles.